The van der Waals surface area contributed by atoms with Gasteiger partial charge < -0.3 is 14.8 Å². The fourth-order valence-corrected chi connectivity index (χ4v) is 3.23. The molecule has 1 aliphatic heterocycles. The Morgan fingerprint density at radius 1 is 1.20 bits per heavy atom. The van der Waals surface area contributed by atoms with E-state index in [4.69, 9.17) is 0 Å². The fourth-order valence-electron chi connectivity index (χ4n) is 3.23. The molecule has 0 bridgehead atoms. The third-order valence-corrected chi connectivity index (χ3v) is 4.88. The molecule has 0 radical (unpaired) electrons. The summed E-state index contributed by atoms with van der Waals surface area (Å²) in [5.74, 6) is 0.365. The van der Waals surface area contributed by atoms with Gasteiger partial charge in [-0.1, -0.05) is 18.2 Å². The lowest BCUT2D eigenvalue weighted by atomic mass is 10.0. The highest BCUT2D eigenvalue weighted by Crippen LogP contribution is 2.24. The Morgan fingerprint density at radius 3 is 2.63 bits per heavy atom. The van der Waals surface area contributed by atoms with Crippen molar-refractivity contribution in [3.8, 4) is 0 Å². The molecule has 0 saturated carbocycles. The smallest absolute Gasteiger partial charge is 0.275 e. The Balaban J connectivity index is 2.22. The van der Waals surface area contributed by atoms with Gasteiger partial charge in [-0.25, -0.2) is 0 Å². The number of anilines is 2. The number of aryl methyl sites for hydroxylation is 1. The van der Waals surface area contributed by atoms with Crippen molar-refractivity contribution in [2.75, 3.05) is 11.9 Å². The van der Waals surface area contributed by atoms with Gasteiger partial charge in [0.1, 0.15) is 5.69 Å². The number of nitrogens with one attached hydrogen (secondary N) is 1. The van der Waals surface area contributed by atoms with Gasteiger partial charge >= 0.3 is 0 Å². The highest BCUT2D eigenvalue weighted by Gasteiger charge is 2.25. The second-order valence-corrected chi connectivity index (χ2v) is 7.35. The molecule has 8 heteroatoms. The predicted molar refractivity (Wildman–Crippen MR) is 118 cm³/mol. The van der Waals surface area contributed by atoms with Crippen LogP contribution in [0.25, 0.3) is 5.70 Å². The van der Waals surface area contributed by atoms with E-state index in [9.17, 15) is 14.4 Å². The third kappa shape index (κ3) is 4.17. The molecule has 0 spiro atoms. The lowest BCUT2D eigenvalue weighted by molar-refractivity contribution is -0.118. The number of aromatic nitrogens is 3. The largest absolute Gasteiger partial charge is 0.340 e. The molecule has 0 unspecified atom stereocenters. The second-order valence-electron chi connectivity index (χ2n) is 7.35. The number of fused-ring (bicyclic) bond motifs is 1. The number of nitrogens with zero attached hydrogens (tertiary/aromatic N) is 4. The lowest BCUT2D eigenvalue weighted by Crippen LogP contribution is -2.37. The van der Waals surface area contributed by atoms with Crippen molar-refractivity contribution < 1.29 is 4.79 Å². The van der Waals surface area contributed by atoms with Gasteiger partial charge in [-0.15, -0.1) is 5.10 Å². The molecule has 0 aromatic carbocycles. The first-order valence-corrected chi connectivity index (χ1v) is 9.60. The van der Waals surface area contributed by atoms with E-state index < -0.39 is 0 Å². The number of hydrogen-bond acceptors (Lipinski definition) is 5. The Hall–Kier alpha value is -3.68. The molecular formula is C22H25N5O3. The Kier molecular flexibility index (Phi) is 6.15. The zero-order valence-corrected chi connectivity index (χ0v) is 17.4. The summed E-state index contributed by atoms with van der Waals surface area (Å²) in [6.45, 7) is 8.41. The number of carbonyl (C=O) groups excluding carboxylic acids is 1. The van der Waals surface area contributed by atoms with Gasteiger partial charge in [0.25, 0.3) is 11.1 Å². The summed E-state index contributed by atoms with van der Waals surface area (Å²) in [6.07, 6.45) is 8.02. The summed E-state index contributed by atoms with van der Waals surface area (Å²) >= 11 is 0. The van der Waals surface area contributed by atoms with E-state index in [0.29, 0.717) is 41.3 Å². The number of amides is 1. The third-order valence-electron chi connectivity index (χ3n) is 4.88. The van der Waals surface area contributed by atoms with E-state index in [-0.39, 0.29) is 17.7 Å². The molecule has 3 rings (SSSR count). The zero-order chi connectivity index (χ0) is 21.8. The standard InChI is InChI=1S/C22H25N5O3/c1-5-16(9-8-15(2)3)27-21(29)17-10-12-26(14-28)13-18(17)20(24-27)23-19-7-6-11-25(4)22(19)30/h5-9,11,14H,1,10,12-13H2,2-4H3,(H,23,24)/b16-9+. The minimum absolute atomic E-state index is 0.224. The molecule has 30 heavy (non-hydrogen) atoms. The van der Waals surface area contributed by atoms with Gasteiger partial charge in [-0.2, -0.15) is 4.68 Å². The van der Waals surface area contributed by atoms with Crippen LogP contribution >= 0.6 is 0 Å². The van der Waals surface area contributed by atoms with E-state index in [0.717, 1.165) is 12.0 Å². The average Bonchev–Trinajstić information content (AvgIpc) is 2.73. The number of allylic oxidation sites excluding steroid dienone is 5. The SMILES string of the molecule is C=C/C(=C\C=C(C)C)n1nc(Nc2cccn(C)c2=O)c2c(c1=O)CCN(C=O)C2. The Labute approximate surface area is 174 Å². The summed E-state index contributed by atoms with van der Waals surface area (Å²) in [7, 11) is 1.66. The molecule has 156 valence electrons. The molecule has 0 saturated heterocycles. The molecule has 2 aromatic rings. The van der Waals surface area contributed by atoms with Gasteiger partial charge in [0.15, 0.2) is 5.82 Å². The maximum absolute atomic E-state index is 13.2. The van der Waals surface area contributed by atoms with Gasteiger partial charge in [-0.05, 0) is 44.6 Å². The first-order chi connectivity index (χ1) is 14.3. The van der Waals surface area contributed by atoms with Crippen molar-refractivity contribution in [2.45, 2.75) is 26.8 Å². The molecular weight excluding hydrogens is 382 g/mol. The first kappa shape index (κ1) is 21.0. The van der Waals surface area contributed by atoms with E-state index in [1.165, 1.54) is 9.25 Å². The van der Waals surface area contributed by atoms with Crippen LogP contribution < -0.4 is 16.4 Å². The van der Waals surface area contributed by atoms with Gasteiger partial charge in [-0.3, -0.25) is 14.4 Å². The number of pyridine rings is 1. The van der Waals surface area contributed by atoms with Crippen molar-refractivity contribution in [1.29, 1.82) is 0 Å². The molecule has 1 N–H and O–H groups in total. The maximum atomic E-state index is 13.2. The monoisotopic (exact) mass is 407 g/mol. The molecule has 0 fully saturated rings. The number of hydrogen-bond donors (Lipinski definition) is 1. The molecule has 8 nitrogen and oxygen atoms in total. The molecule has 1 aliphatic rings. The van der Waals surface area contributed by atoms with Crippen LogP contribution in [0.3, 0.4) is 0 Å². The highest BCUT2D eigenvalue weighted by molar-refractivity contribution is 5.64. The van der Waals surface area contributed by atoms with Gasteiger partial charge in [0.05, 0.1) is 5.70 Å². The molecule has 3 heterocycles. The molecule has 0 aliphatic carbocycles. The number of rotatable bonds is 6. The fraction of sp³-hybridized carbons (Fsp3) is 0.273. The first-order valence-electron chi connectivity index (χ1n) is 9.60. The van der Waals surface area contributed by atoms with E-state index in [1.54, 1.807) is 42.4 Å². The normalized spacial score (nSPS) is 13.4. The minimum atomic E-state index is -0.254. The highest BCUT2D eigenvalue weighted by atomic mass is 16.1. The van der Waals surface area contributed by atoms with E-state index in [2.05, 4.69) is 17.0 Å². The van der Waals surface area contributed by atoms with Crippen LogP contribution in [0, 0.1) is 0 Å². The summed E-state index contributed by atoms with van der Waals surface area (Å²) in [4.78, 5) is 38.5. The summed E-state index contributed by atoms with van der Waals surface area (Å²) < 4.78 is 2.74. The predicted octanol–water partition coefficient (Wildman–Crippen LogP) is 2.19. The molecule has 2 aromatic heterocycles. The van der Waals surface area contributed by atoms with Gasteiger partial charge in [0.2, 0.25) is 6.41 Å². The number of carbonyl (C=O) groups is 1. The van der Waals surface area contributed by atoms with Crippen molar-refractivity contribution in [2.24, 2.45) is 7.05 Å². The second kappa shape index (κ2) is 8.77. The van der Waals surface area contributed by atoms with Gasteiger partial charge in [0, 0.05) is 37.5 Å². The maximum Gasteiger partial charge on any atom is 0.275 e. The van der Waals surface area contributed by atoms with Crippen LogP contribution in [0.2, 0.25) is 0 Å². The molecule has 0 atom stereocenters. The molecule has 1 amide bonds. The van der Waals surface area contributed by atoms with Crippen LogP contribution in [0.1, 0.15) is 25.0 Å². The Bertz CT molecular complexity index is 1170. The van der Waals surface area contributed by atoms with Crippen molar-refractivity contribution in [1.82, 2.24) is 19.2 Å². The topological polar surface area (TPSA) is 89.2 Å². The Morgan fingerprint density at radius 2 is 1.97 bits per heavy atom. The van der Waals surface area contributed by atoms with Crippen LogP contribution in [0.4, 0.5) is 11.5 Å². The van der Waals surface area contributed by atoms with E-state index in [1.807, 2.05) is 19.9 Å². The van der Waals surface area contributed by atoms with Crippen molar-refractivity contribution >= 4 is 23.6 Å². The summed E-state index contributed by atoms with van der Waals surface area (Å²) in [5.41, 5.74) is 2.62. The van der Waals surface area contributed by atoms with Crippen LogP contribution in [-0.2, 0) is 24.8 Å². The average molecular weight is 407 g/mol. The zero-order valence-electron chi connectivity index (χ0n) is 17.4. The van der Waals surface area contributed by atoms with Crippen LogP contribution in [0.5, 0.6) is 0 Å². The van der Waals surface area contributed by atoms with E-state index >= 15 is 0 Å². The van der Waals surface area contributed by atoms with Crippen molar-refractivity contribution in [3.63, 3.8) is 0 Å². The van der Waals surface area contributed by atoms with Crippen molar-refractivity contribution in [3.05, 3.63) is 80.5 Å². The summed E-state index contributed by atoms with van der Waals surface area (Å²) in [6, 6.07) is 3.40. The van der Waals surface area contributed by atoms with Crippen LogP contribution in [-0.4, -0.2) is 32.2 Å². The summed E-state index contributed by atoms with van der Waals surface area (Å²) in [5, 5.41) is 7.58. The minimum Gasteiger partial charge on any atom is -0.340 e. The lowest BCUT2D eigenvalue weighted by Gasteiger charge is -2.27. The quantitative estimate of drug-likeness (QED) is 0.586. The van der Waals surface area contributed by atoms with Crippen LogP contribution in [0.15, 0.2) is 58.3 Å².